The van der Waals surface area contributed by atoms with E-state index in [2.05, 4.69) is 15.3 Å². The highest BCUT2D eigenvalue weighted by Gasteiger charge is 2.23. The van der Waals surface area contributed by atoms with Gasteiger partial charge in [0.2, 0.25) is 15.9 Å². The van der Waals surface area contributed by atoms with E-state index in [-0.39, 0.29) is 17.2 Å². The fraction of sp³-hybridized carbons (Fsp3) is 0.333. The molecule has 3 rings (SSSR count). The number of para-hydroxylation sites is 2. The Morgan fingerprint density at radius 3 is 2.57 bits per heavy atom. The summed E-state index contributed by atoms with van der Waals surface area (Å²) in [5.41, 5.74) is 2.09. The van der Waals surface area contributed by atoms with Crippen LogP contribution in [0.25, 0.3) is 11.0 Å². The van der Waals surface area contributed by atoms with Crippen LogP contribution in [-0.4, -0.2) is 48.8 Å². The number of carbonyl (C=O) groups is 1. The van der Waals surface area contributed by atoms with Crippen LogP contribution >= 0.6 is 0 Å². The Hall–Kier alpha value is -2.91. The lowest BCUT2D eigenvalue weighted by molar-refractivity contribution is -0.116. The third-order valence-electron chi connectivity index (χ3n) is 4.82. The first-order valence-corrected chi connectivity index (χ1v) is 11.2. The lowest BCUT2D eigenvalue weighted by Gasteiger charge is -2.19. The second-order valence-electron chi connectivity index (χ2n) is 6.70. The molecule has 1 heterocycles. The van der Waals surface area contributed by atoms with E-state index in [1.807, 2.05) is 24.3 Å². The van der Waals surface area contributed by atoms with Crippen LogP contribution in [0.5, 0.6) is 5.75 Å². The third-order valence-corrected chi connectivity index (χ3v) is 6.86. The van der Waals surface area contributed by atoms with E-state index >= 15 is 0 Å². The Kier molecular flexibility index (Phi) is 6.73. The second-order valence-corrected chi connectivity index (χ2v) is 8.64. The molecule has 0 bridgehead atoms. The van der Waals surface area contributed by atoms with E-state index in [1.54, 1.807) is 19.9 Å². The molecule has 9 heteroatoms. The number of carbonyl (C=O) groups excluding carboxylic acids is 1. The monoisotopic (exact) mass is 430 g/mol. The summed E-state index contributed by atoms with van der Waals surface area (Å²) >= 11 is 0. The van der Waals surface area contributed by atoms with E-state index in [4.69, 9.17) is 4.74 Å². The molecule has 0 radical (unpaired) electrons. The highest BCUT2D eigenvalue weighted by Crippen LogP contribution is 2.29. The van der Waals surface area contributed by atoms with Crippen LogP contribution in [0.3, 0.4) is 0 Å². The van der Waals surface area contributed by atoms with Gasteiger partial charge in [0.15, 0.2) is 0 Å². The number of aryl methyl sites for hydroxylation is 1. The average molecular weight is 431 g/mol. The molecule has 1 amide bonds. The summed E-state index contributed by atoms with van der Waals surface area (Å²) in [6, 6.07) is 12.1. The van der Waals surface area contributed by atoms with Crippen LogP contribution < -0.4 is 10.1 Å². The Bertz CT molecular complexity index is 1100. The van der Waals surface area contributed by atoms with Crippen LogP contribution in [0.1, 0.15) is 26.1 Å². The van der Waals surface area contributed by atoms with Gasteiger partial charge in [0.25, 0.3) is 0 Å². The number of amides is 1. The van der Waals surface area contributed by atoms with Crippen LogP contribution in [0.4, 0.5) is 5.69 Å². The van der Waals surface area contributed by atoms with Crippen molar-refractivity contribution >= 4 is 32.7 Å². The normalized spacial score (nSPS) is 11.7. The molecule has 0 aliphatic carbocycles. The predicted molar refractivity (Wildman–Crippen MR) is 116 cm³/mol. The van der Waals surface area contributed by atoms with Crippen molar-refractivity contribution in [2.75, 3.05) is 25.5 Å². The van der Waals surface area contributed by atoms with Crippen molar-refractivity contribution in [2.24, 2.45) is 0 Å². The minimum Gasteiger partial charge on any atom is -0.495 e. The second kappa shape index (κ2) is 9.27. The van der Waals surface area contributed by atoms with Gasteiger partial charge in [0, 0.05) is 25.9 Å². The van der Waals surface area contributed by atoms with Crippen LogP contribution in [0, 0.1) is 0 Å². The number of rotatable bonds is 9. The molecule has 0 saturated carbocycles. The largest absolute Gasteiger partial charge is 0.495 e. The van der Waals surface area contributed by atoms with Crippen molar-refractivity contribution in [1.82, 2.24) is 14.3 Å². The fourth-order valence-corrected chi connectivity index (χ4v) is 4.71. The number of imidazole rings is 1. The SMILES string of the molecule is CCN(CC)S(=O)(=O)c1ccc(OC)c(NC(=O)CCc2nc3ccccc3[nH]2)c1. The summed E-state index contributed by atoms with van der Waals surface area (Å²) in [5.74, 6) is 0.855. The first-order chi connectivity index (χ1) is 14.4. The maximum Gasteiger partial charge on any atom is 0.243 e. The van der Waals surface area contributed by atoms with Crippen molar-refractivity contribution in [1.29, 1.82) is 0 Å². The Balaban J connectivity index is 1.74. The van der Waals surface area contributed by atoms with Gasteiger partial charge in [-0.05, 0) is 30.3 Å². The lowest BCUT2D eigenvalue weighted by Crippen LogP contribution is -2.30. The smallest absolute Gasteiger partial charge is 0.243 e. The molecule has 30 heavy (non-hydrogen) atoms. The number of aromatic amines is 1. The van der Waals surface area contributed by atoms with Crippen LogP contribution in [0.2, 0.25) is 0 Å². The van der Waals surface area contributed by atoms with Gasteiger partial charge in [-0.3, -0.25) is 4.79 Å². The number of hydrogen-bond donors (Lipinski definition) is 2. The molecule has 3 aromatic rings. The number of benzene rings is 2. The average Bonchev–Trinajstić information content (AvgIpc) is 3.16. The number of sulfonamides is 1. The zero-order valence-electron chi connectivity index (χ0n) is 17.3. The van der Waals surface area contributed by atoms with Gasteiger partial charge in [-0.15, -0.1) is 0 Å². The third kappa shape index (κ3) is 4.63. The van der Waals surface area contributed by atoms with E-state index in [0.29, 0.717) is 30.9 Å². The van der Waals surface area contributed by atoms with Crippen molar-refractivity contribution < 1.29 is 17.9 Å². The Morgan fingerprint density at radius 1 is 1.17 bits per heavy atom. The zero-order chi connectivity index (χ0) is 21.7. The molecular weight excluding hydrogens is 404 g/mol. The van der Waals surface area contributed by atoms with Gasteiger partial charge in [0.05, 0.1) is 28.7 Å². The molecule has 0 aliphatic rings. The Morgan fingerprint density at radius 2 is 1.90 bits per heavy atom. The molecule has 0 aliphatic heterocycles. The summed E-state index contributed by atoms with van der Waals surface area (Å²) < 4.78 is 32.2. The molecule has 1 aromatic heterocycles. The summed E-state index contributed by atoms with van der Waals surface area (Å²) in [5, 5.41) is 2.76. The quantitative estimate of drug-likeness (QED) is 0.543. The zero-order valence-corrected chi connectivity index (χ0v) is 18.1. The van der Waals surface area contributed by atoms with Crippen molar-refractivity contribution in [3.8, 4) is 5.75 Å². The summed E-state index contributed by atoms with van der Waals surface area (Å²) in [6.07, 6.45) is 0.621. The van der Waals surface area contributed by atoms with E-state index in [0.717, 1.165) is 16.9 Å². The number of methoxy groups -OCH3 is 1. The summed E-state index contributed by atoms with van der Waals surface area (Å²) in [6.45, 7) is 4.30. The number of nitrogens with one attached hydrogen (secondary N) is 2. The molecular formula is C21H26N4O4S. The highest BCUT2D eigenvalue weighted by molar-refractivity contribution is 7.89. The molecule has 0 fully saturated rings. The first-order valence-electron chi connectivity index (χ1n) is 9.80. The van der Waals surface area contributed by atoms with Gasteiger partial charge in [-0.1, -0.05) is 26.0 Å². The molecule has 0 atom stereocenters. The molecule has 2 aromatic carbocycles. The van der Waals surface area contributed by atoms with E-state index < -0.39 is 10.0 Å². The fourth-order valence-electron chi connectivity index (χ4n) is 3.23. The van der Waals surface area contributed by atoms with Crippen LogP contribution in [-0.2, 0) is 21.2 Å². The highest BCUT2D eigenvalue weighted by atomic mass is 32.2. The maximum absolute atomic E-state index is 12.8. The molecule has 0 unspecified atom stereocenters. The molecule has 0 saturated heterocycles. The van der Waals surface area contributed by atoms with Gasteiger partial charge in [0.1, 0.15) is 11.6 Å². The number of fused-ring (bicyclic) bond motifs is 1. The van der Waals surface area contributed by atoms with E-state index in [1.165, 1.54) is 23.5 Å². The van der Waals surface area contributed by atoms with Crippen molar-refractivity contribution in [3.63, 3.8) is 0 Å². The molecule has 8 nitrogen and oxygen atoms in total. The number of hydrogen-bond acceptors (Lipinski definition) is 5. The first kappa shape index (κ1) is 21.8. The summed E-state index contributed by atoms with van der Waals surface area (Å²) in [4.78, 5) is 20.3. The predicted octanol–water partition coefficient (Wildman–Crippen LogP) is 3.17. The minimum absolute atomic E-state index is 0.111. The minimum atomic E-state index is -3.64. The van der Waals surface area contributed by atoms with Gasteiger partial charge < -0.3 is 15.0 Å². The topological polar surface area (TPSA) is 104 Å². The van der Waals surface area contributed by atoms with Gasteiger partial charge >= 0.3 is 0 Å². The number of anilines is 1. The number of aromatic nitrogens is 2. The summed E-state index contributed by atoms with van der Waals surface area (Å²) in [7, 11) is -2.17. The van der Waals surface area contributed by atoms with Crippen LogP contribution in [0.15, 0.2) is 47.4 Å². The maximum atomic E-state index is 12.8. The molecule has 2 N–H and O–H groups in total. The van der Waals surface area contributed by atoms with E-state index in [9.17, 15) is 13.2 Å². The number of ether oxygens (including phenoxy) is 1. The van der Waals surface area contributed by atoms with Gasteiger partial charge in [-0.2, -0.15) is 4.31 Å². The molecule has 0 spiro atoms. The standard InChI is InChI=1S/C21H26N4O4S/c1-4-25(5-2)30(27,28)15-10-11-19(29-3)18(14-15)24-21(26)13-12-20-22-16-8-6-7-9-17(16)23-20/h6-11,14H,4-5,12-13H2,1-3H3,(H,22,23)(H,24,26). The lowest BCUT2D eigenvalue weighted by atomic mass is 10.2. The Labute approximate surface area is 176 Å². The van der Waals surface area contributed by atoms with Crippen molar-refractivity contribution in [3.05, 3.63) is 48.3 Å². The van der Waals surface area contributed by atoms with Gasteiger partial charge in [-0.25, -0.2) is 13.4 Å². The number of nitrogens with zero attached hydrogens (tertiary/aromatic N) is 2. The number of H-pyrrole nitrogens is 1. The molecule has 160 valence electrons. The van der Waals surface area contributed by atoms with Crippen molar-refractivity contribution in [2.45, 2.75) is 31.6 Å².